The Bertz CT molecular complexity index is 559. The third-order valence-electron chi connectivity index (χ3n) is 2.67. The molecule has 3 heteroatoms. The summed E-state index contributed by atoms with van der Waals surface area (Å²) in [6.45, 7) is 1.49. The van der Waals surface area contributed by atoms with Crippen LogP contribution in [-0.4, -0.2) is 16.6 Å². The number of carbonyl (C=O) groups excluding carboxylic acids is 2. The molecule has 2 aromatic rings. The number of pyridine rings is 1. The van der Waals surface area contributed by atoms with Gasteiger partial charge in [0.05, 0.1) is 6.42 Å². The molecule has 90 valence electrons. The second-order valence-corrected chi connectivity index (χ2v) is 4.06. The van der Waals surface area contributed by atoms with Crippen molar-refractivity contribution in [3.05, 3.63) is 65.5 Å². The van der Waals surface area contributed by atoms with E-state index in [0.717, 1.165) is 0 Å². The fourth-order valence-electron chi connectivity index (χ4n) is 1.63. The highest BCUT2D eigenvalue weighted by Gasteiger charge is 2.08. The largest absolute Gasteiger partial charge is 0.294 e. The summed E-state index contributed by atoms with van der Waals surface area (Å²) in [5.41, 5.74) is 1.91. The number of carbonyl (C=O) groups is 2. The van der Waals surface area contributed by atoms with Gasteiger partial charge in [-0.25, -0.2) is 0 Å². The molecular formula is C15H13NO2. The number of Topliss-reactive ketones (excluding diaryl/α,β-unsaturated/α-hetero) is 2. The number of aromatic nitrogens is 1. The number of hydrogen-bond acceptors (Lipinski definition) is 3. The summed E-state index contributed by atoms with van der Waals surface area (Å²) in [5, 5.41) is 0. The summed E-state index contributed by atoms with van der Waals surface area (Å²) in [5.74, 6) is 0.00195. The third-order valence-corrected chi connectivity index (χ3v) is 2.67. The van der Waals surface area contributed by atoms with Crippen LogP contribution in [0.5, 0.6) is 0 Å². The number of nitrogens with zero attached hydrogens (tertiary/aromatic N) is 1. The molecule has 3 nitrogen and oxygen atoms in total. The molecule has 0 saturated carbocycles. The number of hydrogen-bond donors (Lipinski definition) is 0. The smallest absolute Gasteiger partial charge is 0.168 e. The Balaban J connectivity index is 2.10. The van der Waals surface area contributed by atoms with Crippen molar-refractivity contribution in [2.45, 2.75) is 13.3 Å². The van der Waals surface area contributed by atoms with E-state index >= 15 is 0 Å². The first-order valence-electron chi connectivity index (χ1n) is 5.71. The van der Waals surface area contributed by atoms with Crippen molar-refractivity contribution in [3.63, 3.8) is 0 Å². The molecular weight excluding hydrogens is 226 g/mol. The van der Waals surface area contributed by atoms with Gasteiger partial charge in [-0.15, -0.1) is 0 Å². The molecule has 2 rings (SSSR count). The van der Waals surface area contributed by atoms with Gasteiger partial charge in [-0.1, -0.05) is 30.3 Å². The molecule has 1 aromatic heterocycles. The van der Waals surface area contributed by atoms with Gasteiger partial charge >= 0.3 is 0 Å². The van der Waals surface area contributed by atoms with Crippen molar-refractivity contribution in [3.8, 4) is 0 Å². The molecule has 0 aliphatic rings. The summed E-state index contributed by atoms with van der Waals surface area (Å²) >= 11 is 0. The second-order valence-electron chi connectivity index (χ2n) is 4.06. The zero-order valence-corrected chi connectivity index (χ0v) is 10.1. The molecule has 0 radical (unpaired) electrons. The SMILES string of the molecule is CC(=O)c1ccc(CC(=O)c2ccccc2)nc1. The summed E-state index contributed by atoms with van der Waals surface area (Å²) in [6, 6.07) is 12.5. The maximum Gasteiger partial charge on any atom is 0.168 e. The molecule has 0 atom stereocenters. The lowest BCUT2D eigenvalue weighted by atomic mass is 10.1. The lowest BCUT2D eigenvalue weighted by Crippen LogP contribution is -2.05. The predicted molar refractivity (Wildman–Crippen MR) is 68.7 cm³/mol. The van der Waals surface area contributed by atoms with Gasteiger partial charge in [0.25, 0.3) is 0 Å². The first kappa shape index (κ1) is 12.2. The third kappa shape index (κ3) is 2.88. The van der Waals surface area contributed by atoms with Crippen molar-refractivity contribution in [2.75, 3.05) is 0 Å². The van der Waals surface area contributed by atoms with Gasteiger partial charge < -0.3 is 0 Å². The Kier molecular flexibility index (Phi) is 3.63. The molecule has 0 unspecified atom stereocenters. The molecule has 1 aromatic carbocycles. The minimum Gasteiger partial charge on any atom is -0.294 e. The standard InChI is InChI=1S/C15H13NO2/c1-11(17)13-7-8-14(16-10-13)9-15(18)12-5-3-2-4-6-12/h2-8,10H,9H2,1H3. The van der Waals surface area contributed by atoms with Gasteiger partial charge in [0.1, 0.15) is 0 Å². The van der Waals surface area contributed by atoms with E-state index in [1.807, 2.05) is 18.2 Å². The van der Waals surface area contributed by atoms with Gasteiger partial charge in [0.15, 0.2) is 11.6 Å². The van der Waals surface area contributed by atoms with E-state index in [9.17, 15) is 9.59 Å². The van der Waals surface area contributed by atoms with Gasteiger partial charge in [-0.3, -0.25) is 14.6 Å². The van der Waals surface area contributed by atoms with Crippen LogP contribution in [0, 0.1) is 0 Å². The van der Waals surface area contributed by atoms with E-state index in [2.05, 4.69) is 4.98 Å². The highest BCUT2D eigenvalue weighted by molar-refractivity contribution is 5.97. The zero-order chi connectivity index (χ0) is 13.0. The van der Waals surface area contributed by atoms with Crippen molar-refractivity contribution in [2.24, 2.45) is 0 Å². The molecule has 1 heterocycles. The highest BCUT2D eigenvalue weighted by atomic mass is 16.1. The monoisotopic (exact) mass is 239 g/mol. The minimum absolute atomic E-state index is 0.0246. The Morgan fingerprint density at radius 1 is 1.00 bits per heavy atom. The van der Waals surface area contributed by atoms with Crippen LogP contribution < -0.4 is 0 Å². The Hall–Kier alpha value is -2.29. The van der Waals surface area contributed by atoms with E-state index in [0.29, 0.717) is 16.8 Å². The van der Waals surface area contributed by atoms with E-state index in [1.165, 1.54) is 13.1 Å². The molecule has 0 fully saturated rings. The molecule has 0 N–H and O–H groups in total. The van der Waals surface area contributed by atoms with Gasteiger partial charge in [0, 0.05) is 23.0 Å². The molecule has 0 bridgehead atoms. The number of rotatable bonds is 4. The quantitative estimate of drug-likeness (QED) is 0.771. The van der Waals surface area contributed by atoms with E-state index < -0.39 is 0 Å². The number of ketones is 2. The Morgan fingerprint density at radius 3 is 2.28 bits per heavy atom. The molecule has 0 saturated heterocycles. The average Bonchev–Trinajstić information content (AvgIpc) is 2.40. The fourth-order valence-corrected chi connectivity index (χ4v) is 1.63. The Labute approximate surface area is 105 Å². The van der Waals surface area contributed by atoms with Crippen LogP contribution in [0.15, 0.2) is 48.7 Å². The molecule has 0 aliphatic carbocycles. The fraction of sp³-hybridized carbons (Fsp3) is 0.133. The highest BCUT2D eigenvalue weighted by Crippen LogP contribution is 2.07. The summed E-state index contributed by atoms with van der Waals surface area (Å²) in [7, 11) is 0. The van der Waals surface area contributed by atoms with Crippen LogP contribution >= 0.6 is 0 Å². The molecule has 0 spiro atoms. The predicted octanol–water partition coefficient (Wildman–Crippen LogP) is 2.71. The topological polar surface area (TPSA) is 47.0 Å². The molecule has 0 amide bonds. The van der Waals surface area contributed by atoms with E-state index in [-0.39, 0.29) is 18.0 Å². The average molecular weight is 239 g/mol. The van der Waals surface area contributed by atoms with Crippen LogP contribution in [0.4, 0.5) is 0 Å². The van der Waals surface area contributed by atoms with Gasteiger partial charge in [-0.05, 0) is 19.1 Å². The molecule has 0 aliphatic heterocycles. The van der Waals surface area contributed by atoms with Crippen LogP contribution in [0.2, 0.25) is 0 Å². The van der Waals surface area contributed by atoms with Crippen LogP contribution in [0.3, 0.4) is 0 Å². The summed E-state index contributed by atoms with van der Waals surface area (Å²) < 4.78 is 0. The first-order valence-corrected chi connectivity index (χ1v) is 5.71. The normalized spacial score (nSPS) is 10.1. The van der Waals surface area contributed by atoms with Crippen molar-refractivity contribution < 1.29 is 9.59 Å². The van der Waals surface area contributed by atoms with Crippen LogP contribution in [-0.2, 0) is 6.42 Å². The summed E-state index contributed by atoms with van der Waals surface area (Å²) in [6.07, 6.45) is 1.76. The van der Waals surface area contributed by atoms with Crippen molar-refractivity contribution >= 4 is 11.6 Å². The first-order chi connectivity index (χ1) is 8.66. The van der Waals surface area contributed by atoms with Crippen LogP contribution in [0.1, 0.15) is 33.3 Å². The lowest BCUT2D eigenvalue weighted by molar-refractivity contribution is 0.0990. The minimum atomic E-state index is -0.0246. The maximum atomic E-state index is 11.9. The lowest BCUT2D eigenvalue weighted by Gasteiger charge is -2.01. The molecule has 18 heavy (non-hydrogen) atoms. The second kappa shape index (κ2) is 5.36. The zero-order valence-electron chi connectivity index (χ0n) is 10.1. The van der Waals surface area contributed by atoms with E-state index in [1.54, 1.807) is 24.3 Å². The van der Waals surface area contributed by atoms with Gasteiger partial charge in [-0.2, -0.15) is 0 Å². The van der Waals surface area contributed by atoms with Crippen molar-refractivity contribution in [1.82, 2.24) is 4.98 Å². The van der Waals surface area contributed by atoms with Crippen LogP contribution in [0.25, 0.3) is 0 Å². The van der Waals surface area contributed by atoms with Crippen molar-refractivity contribution in [1.29, 1.82) is 0 Å². The van der Waals surface area contributed by atoms with E-state index in [4.69, 9.17) is 0 Å². The Morgan fingerprint density at radius 2 is 1.72 bits per heavy atom. The maximum absolute atomic E-state index is 11.9. The number of benzene rings is 1. The van der Waals surface area contributed by atoms with Gasteiger partial charge in [0.2, 0.25) is 0 Å². The summed E-state index contributed by atoms with van der Waals surface area (Å²) in [4.78, 5) is 27.1.